The molecule has 0 bridgehead atoms. The van der Waals surface area contributed by atoms with Gasteiger partial charge in [0.2, 0.25) is 10.0 Å². The molecule has 0 radical (unpaired) electrons. The Bertz CT molecular complexity index is 1310. The van der Waals surface area contributed by atoms with E-state index in [-0.39, 0.29) is 32.1 Å². The Morgan fingerprint density at radius 3 is 2.50 bits per heavy atom. The first-order chi connectivity index (χ1) is 15.4. The van der Waals surface area contributed by atoms with Crippen molar-refractivity contribution in [2.45, 2.75) is 30.6 Å². The zero-order chi connectivity index (χ0) is 22.5. The largest absolute Gasteiger partial charge is 0.358 e. The average Bonchev–Trinajstić information content (AvgIpc) is 3.19. The van der Waals surface area contributed by atoms with Crippen molar-refractivity contribution in [3.8, 4) is 0 Å². The number of piperazine rings is 1. The fraction of sp³-hybridized carbons (Fsp3) is 0.348. The van der Waals surface area contributed by atoms with Gasteiger partial charge < -0.3 is 9.88 Å². The fourth-order valence-electron chi connectivity index (χ4n) is 4.72. The number of aromatic nitrogens is 1. The van der Waals surface area contributed by atoms with Gasteiger partial charge in [0.1, 0.15) is 16.5 Å². The predicted molar refractivity (Wildman–Crippen MR) is 116 cm³/mol. The summed E-state index contributed by atoms with van der Waals surface area (Å²) in [4.78, 5) is 17.7. The highest BCUT2D eigenvalue weighted by Gasteiger charge is 2.33. The Morgan fingerprint density at radius 1 is 0.969 bits per heavy atom. The molecule has 6 nitrogen and oxygen atoms in total. The first-order valence-corrected chi connectivity index (χ1v) is 12.2. The summed E-state index contributed by atoms with van der Waals surface area (Å²) in [6, 6.07) is 8.08. The molecule has 3 aromatic rings. The van der Waals surface area contributed by atoms with Crippen LogP contribution in [0.25, 0.3) is 10.9 Å². The number of hydrogen-bond acceptors (Lipinski definition) is 3. The third-order valence-corrected chi connectivity index (χ3v) is 8.31. The van der Waals surface area contributed by atoms with Gasteiger partial charge in [-0.25, -0.2) is 17.2 Å². The number of nitrogens with one attached hydrogen (secondary N) is 1. The van der Waals surface area contributed by atoms with Crippen LogP contribution in [-0.2, 0) is 22.9 Å². The number of aromatic amines is 1. The quantitative estimate of drug-likeness (QED) is 0.652. The number of halogens is 2. The summed E-state index contributed by atoms with van der Waals surface area (Å²) in [6.07, 6.45) is 4.25. The summed E-state index contributed by atoms with van der Waals surface area (Å²) in [5.74, 6) is -1.98. The molecule has 1 N–H and O–H groups in total. The highest BCUT2D eigenvalue weighted by molar-refractivity contribution is 7.89. The lowest BCUT2D eigenvalue weighted by Crippen LogP contribution is -2.50. The Morgan fingerprint density at radius 2 is 1.72 bits per heavy atom. The number of amides is 1. The summed E-state index contributed by atoms with van der Waals surface area (Å²) in [5.41, 5.74) is 3.89. The van der Waals surface area contributed by atoms with Gasteiger partial charge in [0, 0.05) is 37.3 Å². The number of H-pyrrole nitrogens is 1. The van der Waals surface area contributed by atoms with Gasteiger partial charge in [0.05, 0.1) is 11.1 Å². The van der Waals surface area contributed by atoms with E-state index in [1.807, 2.05) is 12.1 Å². The zero-order valence-electron chi connectivity index (χ0n) is 17.4. The van der Waals surface area contributed by atoms with Crippen LogP contribution >= 0.6 is 0 Å². The van der Waals surface area contributed by atoms with Gasteiger partial charge in [-0.15, -0.1) is 0 Å². The van der Waals surface area contributed by atoms with E-state index < -0.39 is 26.6 Å². The van der Waals surface area contributed by atoms with Gasteiger partial charge >= 0.3 is 0 Å². The van der Waals surface area contributed by atoms with Crippen LogP contribution in [0.5, 0.6) is 0 Å². The SMILES string of the molecule is O=C(c1cccc2c3c([nH]c12)CCCC3)N1CCN(S(=O)(=O)c2cc(F)ccc2F)CC1. The first kappa shape index (κ1) is 21.1. The van der Waals surface area contributed by atoms with Crippen molar-refractivity contribution >= 4 is 26.8 Å². The number of aryl methyl sites for hydroxylation is 2. The molecule has 0 saturated carbocycles. The summed E-state index contributed by atoms with van der Waals surface area (Å²) >= 11 is 0. The van der Waals surface area contributed by atoms with Crippen LogP contribution < -0.4 is 0 Å². The van der Waals surface area contributed by atoms with Gasteiger partial charge in [0.25, 0.3) is 5.91 Å². The molecule has 9 heteroatoms. The van der Waals surface area contributed by atoms with Crippen molar-refractivity contribution in [1.82, 2.24) is 14.2 Å². The Balaban J connectivity index is 1.36. The van der Waals surface area contributed by atoms with E-state index in [2.05, 4.69) is 4.98 Å². The number of rotatable bonds is 3. The number of fused-ring (bicyclic) bond motifs is 3. The molecular formula is C23H23F2N3O3S. The second-order valence-corrected chi connectivity index (χ2v) is 10.2. The minimum Gasteiger partial charge on any atom is -0.358 e. The Labute approximate surface area is 184 Å². The molecule has 0 spiro atoms. The normalized spacial score (nSPS) is 17.5. The van der Waals surface area contributed by atoms with Crippen molar-refractivity contribution in [2.75, 3.05) is 26.2 Å². The molecule has 32 heavy (non-hydrogen) atoms. The summed E-state index contributed by atoms with van der Waals surface area (Å²) in [6.45, 7) is 0.375. The van der Waals surface area contributed by atoms with Crippen molar-refractivity contribution in [1.29, 1.82) is 0 Å². The molecule has 2 aromatic carbocycles. The van der Waals surface area contributed by atoms with E-state index in [1.165, 1.54) is 11.3 Å². The zero-order valence-corrected chi connectivity index (χ0v) is 18.2. The van der Waals surface area contributed by atoms with Crippen molar-refractivity contribution in [2.24, 2.45) is 0 Å². The van der Waals surface area contributed by atoms with Gasteiger partial charge in [0.15, 0.2) is 0 Å². The van der Waals surface area contributed by atoms with Crippen LogP contribution in [0.3, 0.4) is 0 Å². The maximum Gasteiger partial charge on any atom is 0.256 e. The Kier molecular flexibility index (Phi) is 5.25. The molecule has 2 aliphatic rings. The van der Waals surface area contributed by atoms with Crippen LogP contribution in [-0.4, -0.2) is 54.7 Å². The van der Waals surface area contributed by atoms with E-state index in [0.29, 0.717) is 11.6 Å². The van der Waals surface area contributed by atoms with Crippen LogP contribution in [0.2, 0.25) is 0 Å². The highest BCUT2D eigenvalue weighted by Crippen LogP contribution is 2.31. The van der Waals surface area contributed by atoms with E-state index in [4.69, 9.17) is 0 Å². The number of carbonyl (C=O) groups is 1. The van der Waals surface area contributed by atoms with Gasteiger partial charge in [-0.1, -0.05) is 12.1 Å². The molecule has 1 aromatic heterocycles. The number of para-hydroxylation sites is 1. The van der Waals surface area contributed by atoms with Crippen molar-refractivity contribution in [3.63, 3.8) is 0 Å². The number of hydrogen-bond donors (Lipinski definition) is 1. The molecule has 0 atom stereocenters. The second-order valence-electron chi connectivity index (χ2n) is 8.29. The first-order valence-electron chi connectivity index (χ1n) is 10.7. The minimum absolute atomic E-state index is 0.0151. The molecule has 0 unspecified atom stereocenters. The van der Waals surface area contributed by atoms with E-state index in [9.17, 15) is 22.0 Å². The molecule has 1 amide bonds. The smallest absolute Gasteiger partial charge is 0.256 e. The standard InChI is InChI=1S/C23H23F2N3O3S/c24-15-8-9-19(25)21(14-15)32(30,31)28-12-10-27(11-13-28)23(29)18-6-3-5-17-16-4-1-2-7-20(16)26-22(17)18/h3,5-6,8-9,14,26H,1-2,4,7,10-13H2. The summed E-state index contributed by atoms with van der Waals surface area (Å²) < 4.78 is 54.3. The average molecular weight is 460 g/mol. The van der Waals surface area contributed by atoms with Crippen LogP contribution in [0.15, 0.2) is 41.3 Å². The molecule has 1 fully saturated rings. The van der Waals surface area contributed by atoms with Gasteiger partial charge in [-0.3, -0.25) is 4.79 Å². The molecule has 168 valence electrons. The lowest BCUT2D eigenvalue weighted by atomic mass is 9.95. The number of sulfonamides is 1. The molecule has 5 rings (SSSR count). The summed E-state index contributed by atoms with van der Waals surface area (Å²) in [5, 5.41) is 1.08. The monoisotopic (exact) mass is 459 g/mol. The summed E-state index contributed by atoms with van der Waals surface area (Å²) in [7, 11) is -4.19. The number of carbonyl (C=O) groups excluding carboxylic acids is 1. The maximum absolute atomic E-state index is 14.1. The highest BCUT2D eigenvalue weighted by atomic mass is 32.2. The molecule has 1 aliphatic heterocycles. The van der Waals surface area contributed by atoms with E-state index >= 15 is 0 Å². The third kappa shape index (κ3) is 3.49. The van der Waals surface area contributed by atoms with E-state index in [1.54, 1.807) is 11.0 Å². The molecular weight excluding hydrogens is 436 g/mol. The third-order valence-electron chi connectivity index (χ3n) is 6.40. The maximum atomic E-state index is 14.1. The van der Waals surface area contributed by atoms with Crippen LogP contribution in [0.4, 0.5) is 8.78 Å². The minimum atomic E-state index is -4.19. The number of nitrogens with zero attached hydrogens (tertiary/aromatic N) is 2. The molecule has 1 saturated heterocycles. The van der Waals surface area contributed by atoms with E-state index in [0.717, 1.165) is 53.0 Å². The van der Waals surface area contributed by atoms with Gasteiger partial charge in [-0.05, 0) is 55.5 Å². The fourth-order valence-corrected chi connectivity index (χ4v) is 6.22. The number of benzene rings is 2. The van der Waals surface area contributed by atoms with Crippen molar-refractivity contribution < 1.29 is 22.0 Å². The molecule has 1 aliphatic carbocycles. The second kappa shape index (κ2) is 7.97. The lowest BCUT2D eigenvalue weighted by Gasteiger charge is -2.34. The van der Waals surface area contributed by atoms with Crippen LogP contribution in [0.1, 0.15) is 34.5 Å². The molecule has 2 heterocycles. The predicted octanol–water partition coefficient (Wildman–Crippen LogP) is 3.47. The Hall–Kier alpha value is -2.78. The topological polar surface area (TPSA) is 73.5 Å². The van der Waals surface area contributed by atoms with Crippen molar-refractivity contribution in [3.05, 3.63) is 64.9 Å². The van der Waals surface area contributed by atoms with Gasteiger partial charge in [-0.2, -0.15) is 4.31 Å². The lowest BCUT2D eigenvalue weighted by molar-refractivity contribution is 0.0699. The van der Waals surface area contributed by atoms with Crippen LogP contribution in [0, 0.1) is 11.6 Å².